The minimum absolute atomic E-state index is 0.00241. The van der Waals surface area contributed by atoms with Gasteiger partial charge in [0.1, 0.15) is 17.3 Å². The second-order valence-corrected chi connectivity index (χ2v) is 7.15. The number of nitrogen functional groups attached to an aromatic ring is 1. The maximum atomic E-state index is 13.5. The number of rotatable bonds is 5. The topological polar surface area (TPSA) is 121 Å². The standard InChI is InChI=1S/C18H16F5N7O2/c1-7-10-12(24)26-14(27-13(10)28-16(7)31)11-8-3-4-9(32-2)25-15(8)30(29-11)6-5-17(19,20)18(21,22)23/h3-4,7H,5-6H2,1-2H3,(H3,24,26,27,28,31). The van der Waals surface area contributed by atoms with Crippen LogP contribution in [0.5, 0.6) is 5.88 Å². The van der Waals surface area contributed by atoms with Crippen LogP contribution in [0.2, 0.25) is 0 Å². The van der Waals surface area contributed by atoms with Gasteiger partial charge in [-0.1, -0.05) is 0 Å². The van der Waals surface area contributed by atoms with Crippen molar-refractivity contribution in [3.05, 3.63) is 17.7 Å². The van der Waals surface area contributed by atoms with E-state index in [2.05, 4.69) is 25.4 Å². The number of carbonyl (C=O) groups excluding carboxylic acids is 1. The number of ether oxygens (including phenoxy) is 1. The van der Waals surface area contributed by atoms with Gasteiger partial charge in [0.2, 0.25) is 11.8 Å². The van der Waals surface area contributed by atoms with Crippen LogP contribution in [0.3, 0.4) is 0 Å². The predicted molar refractivity (Wildman–Crippen MR) is 102 cm³/mol. The summed E-state index contributed by atoms with van der Waals surface area (Å²) in [5.41, 5.74) is 6.44. The van der Waals surface area contributed by atoms with Crippen molar-refractivity contribution in [2.24, 2.45) is 0 Å². The molecule has 0 fully saturated rings. The minimum Gasteiger partial charge on any atom is -0.481 e. The third-order valence-electron chi connectivity index (χ3n) is 5.09. The highest BCUT2D eigenvalue weighted by Gasteiger charge is 2.56. The molecule has 1 aliphatic rings. The summed E-state index contributed by atoms with van der Waals surface area (Å²) in [5, 5.41) is 6.97. The number of aryl methyl sites for hydroxylation is 1. The highest BCUT2D eigenvalue weighted by atomic mass is 19.4. The Morgan fingerprint density at radius 3 is 2.56 bits per heavy atom. The van der Waals surface area contributed by atoms with Crippen molar-refractivity contribution >= 4 is 28.6 Å². The molecule has 14 heteroatoms. The Hall–Kier alpha value is -3.58. The minimum atomic E-state index is -5.70. The van der Waals surface area contributed by atoms with Crippen LogP contribution < -0.4 is 15.8 Å². The smallest absolute Gasteiger partial charge is 0.453 e. The van der Waals surface area contributed by atoms with Gasteiger partial charge in [0, 0.05) is 24.6 Å². The van der Waals surface area contributed by atoms with Crippen LogP contribution in [0.1, 0.15) is 24.8 Å². The summed E-state index contributed by atoms with van der Waals surface area (Å²) in [7, 11) is 1.32. The lowest BCUT2D eigenvalue weighted by Crippen LogP contribution is -2.37. The third kappa shape index (κ3) is 3.44. The molecule has 1 atom stereocenters. The van der Waals surface area contributed by atoms with Crippen molar-refractivity contribution in [2.45, 2.75) is 37.9 Å². The number of nitrogens with zero attached hydrogens (tertiary/aromatic N) is 5. The lowest BCUT2D eigenvalue weighted by atomic mass is 10.1. The van der Waals surface area contributed by atoms with Crippen LogP contribution in [0.4, 0.5) is 33.6 Å². The summed E-state index contributed by atoms with van der Waals surface area (Å²) >= 11 is 0. The zero-order valence-corrected chi connectivity index (χ0v) is 16.7. The van der Waals surface area contributed by atoms with E-state index >= 15 is 0 Å². The molecular weight excluding hydrogens is 441 g/mol. The van der Waals surface area contributed by atoms with Crippen molar-refractivity contribution in [3.63, 3.8) is 0 Å². The molecule has 4 heterocycles. The van der Waals surface area contributed by atoms with Gasteiger partial charge in [-0.3, -0.25) is 4.79 Å². The van der Waals surface area contributed by atoms with Gasteiger partial charge in [-0.05, 0) is 13.0 Å². The molecule has 0 aromatic carbocycles. The Labute approximate surface area is 176 Å². The number of hydrogen-bond acceptors (Lipinski definition) is 7. The first-order valence-electron chi connectivity index (χ1n) is 9.27. The van der Waals surface area contributed by atoms with Gasteiger partial charge in [0.25, 0.3) is 0 Å². The monoisotopic (exact) mass is 457 g/mol. The quantitative estimate of drug-likeness (QED) is 0.565. The number of amides is 1. The fraction of sp³-hybridized carbons (Fsp3) is 0.389. The number of halogens is 5. The second kappa shape index (κ2) is 7.24. The predicted octanol–water partition coefficient (Wildman–Crippen LogP) is 3.12. The van der Waals surface area contributed by atoms with Gasteiger partial charge in [-0.15, -0.1) is 0 Å². The molecular formula is C18H16F5N7O2. The molecule has 0 radical (unpaired) electrons. The van der Waals surface area contributed by atoms with Crippen molar-refractivity contribution in [1.29, 1.82) is 0 Å². The SMILES string of the molecule is COc1ccc2c(-c3nc(N)c4c(n3)NC(=O)C4C)nn(CCC(F)(F)C(F)(F)F)c2n1. The van der Waals surface area contributed by atoms with Crippen LogP contribution in [0, 0.1) is 0 Å². The number of anilines is 2. The summed E-state index contributed by atoms with van der Waals surface area (Å²) < 4.78 is 70.6. The van der Waals surface area contributed by atoms with Gasteiger partial charge < -0.3 is 15.8 Å². The third-order valence-corrected chi connectivity index (χ3v) is 5.09. The van der Waals surface area contributed by atoms with Gasteiger partial charge in [-0.25, -0.2) is 14.6 Å². The van der Waals surface area contributed by atoms with E-state index in [0.29, 0.717) is 5.56 Å². The number of aromatic nitrogens is 5. The van der Waals surface area contributed by atoms with E-state index < -0.39 is 31.0 Å². The molecule has 1 amide bonds. The summed E-state index contributed by atoms with van der Waals surface area (Å²) in [5.74, 6) is -5.56. The highest BCUT2D eigenvalue weighted by Crippen LogP contribution is 2.39. The maximum Gasteiger partial charge on any atom is 0.453 e. The number of nitrogens with one attached hydrogen (secondary N) is 1. The fourth-order valence-corrected chi connectivity index (χ4v) is 3.33. The largest absolute Gasteiger partial charge is 0.481 e. The molecule has 0 saturated carbocycles. The Balaban J connectivity index is 1.81. The molecule has 0 saturated heterocycles. The summed E-state index contributed by atoms with van der Waals surface area (Å²) in [4.78, 5) is 24.5. The fourth-order valence-electron chi connectivity index (χ4n) is 3.33. The van der Waals surface area contributed by atoms with Crippen LogP contribution in [-0.4, -0.2) is 49.8 Å². The van der Waals surface area contributed by atoms with E-state index in [1.54, 1.807) is 6.92 Å². The van der Waals surface area contributed by atoms with E-state index in [0.717, 1.165) is 4.68 Å². The van der Waals surface area contributed by atoms with Gasteiger partial charge in [0.15, 0.2) is 11.5 Å². The second-order valence-electron chi connectivity index (χ2n) is 7.15. The Morgan fingerprint density at radius 2 is 1.91 bits per heavy atom. The molecule has 1 unspecified atom stereocenters. The van der Waals surface area contributed by atoms with Crippen LogP contribution in [0.25, 0.3) is 22.6 Å². The molecule has 3 N–H and O–H groups in total. The number of alkyl halides is 5. The van der Waals surface area contributed by atoms with Crippen molar-refractivity contribution in [1.82, 2.24) is 24.7 Å². The average Bonchev–Trinajstić information content (AvgIpc) is 3.22. The van der Waals surface area contributed by atoms with Crippen LogP contribution in [0.15, 0.2) is 12.1 Å². The van der Waals surface area contributed by atoms with Crippen LogP contribution >= 0.6 is 0 Å². The number of carbonyl (C=O) groups is 1. The lowest BCUT2D eigenvalue weighted by molar-refractivity contribution is -0.285. The number of fused-ring (bicyclic) bond motifs is 2. The van der Waals surface area contributed by atoms with Gasteiger partial charge in [0.05, 0.1) is 18.4 Å². The summed E-state index contributed by atoms with van der Waals surface area (Å²) in [6.07, 6.45) is -7.25. The summed E-state index contributed by atoms with van der Waals surface area (Å²) in [6.45, 7) is 0.832. The molecule has 0 spiro atoms. The molecule has 0 bridgehead atoms. The number of pyridine rings is 1. The first kappa shape index (κ1) is 21.6. The van der Waals surface area contributed by atoms with E-state index in [9.17, 15) is 26.7 Å². The van der Waals surface area contributed by atoms with Gasteiger partial charge >= 0.3 is 12.1 Å². The maximum absolute atomic E-state index is 13.5. The number of methoxy groups -OCH3 is 1. The van der Waals surface area contributed by atoms with Crippen molar-refractivity contribution < 1.29 is 31.5 Å². The Morgan fingerprint density at radius 1 is 1.19 bits per heavy atom. The first-order valence-corrected chi connectivity index (χ1v) is 9.27. The highest BCUT2D eigenvalue weighted by molar-refractivity contribution is 6.03. The Bertz CT molecular complexity index is 1220. The van der Waals surface area contributed by atoms with E-state index in [1.165, 1.54) is 19.2 Å². The van der Waals surface area contributed by atoms with Gasteiger partial charge in [-0.2, -0.15) is 32.0 Å². The summed E-state index contributed by atoms with van der Waals surface area (Å²) in [6, 6.07) is 2.96. The van der Waals surface area contributed by atoms with Crippen molar-refractivity contribution in [3.8, 4) is 17.4 Å². The molecule has 1 aliphatic heterocycles. The normalized spacial score (nSPS) is 16.3. The van der Waals surface area contributed by atoms with E-state index in [4.69, 9.17) is 10.5 Å². The molecule has 170 valence electrons. The number of nitrogens with two attached hydrogens (primary N) is 1. The molecule has 4 rings (SSSR count). The van der Waals surface area contributed by atoms with Crippen molar-refractivity contribution in [2.75, 3.05) is 18.2 Å². The lowest BCUT2D eigenvalue weighted by Gasteiger charge is -2.19. The zero-order chi connectivity index (χ0) is 23.4. The number of hydrogen-bond donors (Lipinski definition) is 2. The van der Waals surface area contributed by atoms with Crippen LogP contribution in [-0.2, 0) is 11.3 Å². The van der Waals surface area contributed by atoms with E-state index in [1.807, 2.05) is 0 Å². The molecule has 0 aliphatic carbocycles. The Kier molecular flexibility index (Phi) is 4.90. The zero-order valence-electron chi connectivity index (χ0n) is 16.7. The molecule has 32 heavy (non-hydrogen) atoms. The average molecular weight is 457 g/mol. The molecule has 3 aromatic rings. The van der Waals surface area contributed by atoms with E-state index in [-0.39, 0.29) is 46.0 Å². The molecule has 3 aromatic heterocycles. The molecule has 9 nitrogen and oxygen atoms in total. The first-order chi connectivity index (χ1) is 14.9.